The maximum Gasteiger partial charge on any atom is 0.251 e. The van der Waals surface area contributed by atoms with Crippen LogP contribution in [-0.2, 0) is 4.79 Å². The number of nitrogens with zero attached hydrogens (tertiary/aromatic N) is 2. The summed E-state index contributed by atoms with van der Waals surface area (Å²) >= 11 is 0. The SMILES string of the molecule is CN1C(=O)C(C2CCCC(N)C2)N=Cc2ccccc21. The lowest BCUT2D eigenvalue weighted by molar-refractivity contribution is -0.120. The molecule has 0 aromatic heterocycles. The number of benzodiazepines with no additional fused rings is 1. The molecule has 0 radical (unpaired) electrons. The predicted molar refractivity (Wildman–Crippen MR) is 81.2 cm³/mol. The van der Waals surface area contributed by atoms with E-state index in [9.17, 15) is 4.79 Å². The van der Waals surface area contributed by atoms with Crippen LogP contribution >= 0.6 is 0 Å². The number of rotatable bonds is 1. The molecule has 3 atom stereocenters. The van der Waals surface area contributed by atoms with Gasteiger partial charge in [0, 0.05) is 24.9 Å². The fourth-order valence-corrected chi connectivity index (χ4v) is 3.32. The van der Waals surface area contributed by atoms with Crippen molar-refractivity contribution in [2.24, 2.45) is 16.6 Å². The minimum absolute atomic E-state index is 0.0882. The molecule has 2 N–H and O–H groups in total. The van der Waals surface area contributed by atoms with Crippen LogP contribution in [0.1, 0.15) is 31.2 Å². The summed E-state index contributed by atoms with van der Waals surface area (Å²) in [5.41, 5.74) is 8.00. The van der Waals surface area contributed by atoms with Crippen molar-refractivity contribution in [3.05, 3.63) is 29.8 Å². The lowest BCUT2D eigenvalue weighted by Crippen LogP contribution is -2.42. The maximum absolute atomic E-state index is 12.7. The van der Waals surface area contributed by atoms with E-state index in [0.717, 1.165) is 36.9 Å². The second-order valence-corrected chi connectivity index (χ2v) is 5.87. The second kappa shape index (κ2) is 5.37. The van der Waals surface area contributed by atoms with Gasteiger partial charge in [-0.05, 0) is 31.2 Å². The van der Waals surface area contributed by atoms with Gasteiger partial charge in [0.05, 0.1) is 5.69 Å². The number of anilines is 1. The van der Waals surface area contributed by atoms with Gasteiger partial charge in [0.1, 0.15) is 6.04 Å². The third-order valence-corrected chi connectivity index (χ3v) is 4.46. The Balaban J connectivity index is 1.90. The number of carbonyl (C=O) groups is 1. The van der Waals surface area contributed by atoms with Crippen molar-refractivity contribution in [3.8, 4) is 0 Å². The summed E-state index contributed by atoms with van der Waals surface area (Å²) in [6.45, 7) is 0. The molecule has 0 bridgehead atoms. The van der Waals surface area contributed by atoms with Gasteiger partial charge in [-0.3, -0.25) is 9.79 Å². The van der Waals surface area contributed by atoms with Crippen LogP contribution in [0.15, 0.2) is 29.3 Å². The average Bonchev–Trinajstić information content (AvgIpc) is 2.58. The van der Waals surface area contributed by atoms with Crippen LogP contribution < -0.4 is 10.6 Å². The molecule has 1 aliphatic heterocycles. The molecule has 4 nitrogen and oxygen atoms in total. The highest BCUT2D eigenvalue weighted by Crippen LogP contribution is 2.31. The van der Waals surface area contributed by atoms with E-state index in [1.807, 2.05) is 37.5 Å². The lowest BCUT2D eigenvalue weighted by Gasteiger charge is -2.31. The first-order valence-corrected chi connectivity index (χ1v) is 7.32. The summed E-state index contributed by atoms with van der Waals surface area (Å²) in [5.74, 6) is 0.365. The Labute approximate surface area is 119 Å². The number of likely N-dealkylation sites (N-methyl/N-ethyl adjacent to an activating group) is 1. The van der Waals surface area contributed by atoms with Crippen LogP contribution in [0.5, 0.6) is 0 Å². The molecule has 1 aliphatic carbocycles. The first-order valence-electron chi connectivity index (χ1n) is 7.32. The molecule has 1 fully saturated rings. The summed E-state index contributed by atoms with van der Waals surface area (Å²) in [6.07, 6.45) is 5.96. The Morgan fingerprint density at radius 3 is 2.90 bits per heavy atom. The highest BCUT2D eigenvalue weighted by molar-refractivity contribution is 6.04. The second-order valence-electron chi connectivity index (χ2n) is 5.87. The zero-order valence-corrected chi connectivity index (χ0v) is 11.8. The van der Waals surface area contributed by atoms with Crippen LogP contribution in [0.4, 0.5) is 5.69 Å². The molecule has 0 saturated heterocycles. The van der Waals surface area contributed by atoms with Gasteiger partial charge < -0.3 is 10.6 Å². The third kappa shape index (κ3) is 2.36. The van der Waals surface area contributed by atoms with Crippen LogP contribution in [0, 0.1) is 5.92 Å². The fourth-order valence-electron chi connectivity index (χ4n) is 3.32. The van der Waals surface area contributed by atoms with Gasteiger partial charge in [-0.1, -0.05) is 24.6 Å². The van der Waals surface area contributed by atoms with Crippen molar-refractivity contribution in [1.29, 1.82) is 0 Å². The van der Waals surface area contributed by atoms with Crippen LogP contribution in [-0.4, -0.2) is 31.3 Å². The molecule has 2 aliphatic rings. The van der Waals surface area contributed by atoms with Gasteiger partial charge in [0.2, 0.25) is 0 Å². The molecular formula is C16H21N3O. The smallest absolute Gasteiger partial charge is 0.251 e. The largest absolute Gasteiger partial charge is 0.328 e. The summed E-state index contributed by atoms with van der Waals surface area (Å²) < 4.78 is 0. The van der Waals surface area contributed by atoms with Crippen molar-refractivity contribution in [2.45, 2.75) is 37.8 Å². The van der Waals surface area contributed by atoms with Gasteiger partial charge in [-0.25, -0.2) is 0 Å². The van der Waals surface area contributed by atoms with E-state index in [1.54, 1.807) is 4.90 Å². The normalized spacial score (nSPS) is 30.0. The van der Waals surface area contributed by atoms with Crippen LogP contribution in [0.2, 0.25) is 0 Å². The number of carbonyl (C=O) groups excluding carboxylic acids is 1. The number of hydrogen-bond donors (Lipinski definition) is 1. The van der Waals surface area contributed by atoms with E-state index in [-0.39, 0.29) is 23.9 Å². The van der Waals surface area contributed by atoms with Crippen molar-refractivity contribution in [1.82, 2.24) is 0 Å². The molecule has 1 heterocycles. The monoisotopic (exact) mass is 271 g/mol. The molecule has 3 unspecified atom stereocenters. The maximum atomic E-state index is 12.7. The number of para-hydroxylation sites is 1. The van der Waals surface area contributed by atoms with Gasteiger partial charge in [0.15, 0.2) is 0 Å². The van der Waals surface area contributed by atoms with Crippen molar-refractivity contribution in [3.63, 3.8) is 0 Å². The first kappa shape index (κ1) is 13.3. The van der Waals surface area contributed by atoms with Crippen molar-refractivity contribution < 1.29 is 4.79 Å². The Morgan fingerprint density at radius 2 is 2.10 bits per heavy atom. The van der Waals surface area contributed by atoms with Crippen molar-refractivity contribution in [2.75, 3.05) is 11.9 Å². The number of nitrogens with two attached hydrogens (primary N) is 1. The summed E-state index contributed by atoms with van der Waals surface area (Å²) in [6, 6.07) is 7.82. The van der Waals surface area contributed by atoms with E-state index in [0.29, 0.717) is 0 Å². The molecule has 1 aromatic rings. The number of benzene rings is 1. The summed E-state index contributed by atoms with van der Waals surface area (Å²) in [4.78, 5) is 19.0. The Morgan fingerprint density at radius 1 is 1.30 bits per heavy atom. The zero-order valence-electron chi connectivity index (χ0n) is 11.8. The van der Waals surface area contributed by atoms with E-state index in [1.165, 1.54) is 0 Å². The third-order valence-electron chi connectivity index (χ3n) is 4.46. The Bertz CT molecular complexity index is 540. The topological polar surface area (TPSA) is 58.7 Å². The zero-order chi connectivity index (χ0) is 14.1. The standard InChI is InChI=1S/C16H21N3O/c1-19-14-8-3-2-5-12(14)10-18-15(16(19)20)11-6-4-7-13(17)9-11/h2-3,5,8,10-11,13,15H,4,6-7,9,17H2,1H3. The molecule has 106 valence electrons. The van der Waals surface area contributed by atoms with Gasteiger partial charge in [0.25, 0.3) is 5.91 Å². The van der Waals surface area contributed by atoms with E-state index in [4.69, 9.17) is 5.73 Å². The quantitative estimate of drug-likeness (QED) is 0.849. The molecule has 20 heavy (non-hydrogen) atoms. The Kier molecular flexibility index (Phi) is 3.57. The molecule has 1 saturated carbocycles. The number of aliphatic imine (C=N–C) groups is 1. The molecule has 4 heteroatoms. The molecular weight excluding hydrogens is 250 g/mol. The number of amides is 1. The predicted octanol–water partition coefficient (Wildman–Crippen LogP) is 1.97. The number of hydrogen-bond acceptors (Lipinski definition) is 3. The molecule has 3 rings (SSSR count). The van der Waals surface area contributed by atoms with E-state index in [2.05, 4.69) is 4.99 Å². The van der Waals surface area contributed by atoms with Gasteiger partial charge in [-0.2, -0.15) is 0 Å². The average molecular weight is 271 g/mol. The fraction of sp³-hybridized carbons (Fsp3) is 0.500. The highest BCUT2D eigenvalue weighted by atomic mass is 16.2. The Hall–Kier alpha value is -1.68. The highest BCUT2D eigenvalue weighted by Gasteiger charge is 2.34. The van der Waals surface area contributed by atoms with E-state index < -0.39 is 0 Å². The lowest BCUT2D eigenvalue weighted by atomic mass is 9.81. The van der Waals surface area contributed by atoms with E-state index >= 15 is 0 Å². The molecule has 0 spiro atoms. The number of fused-ring (bicyclic) bond motifs is 1. The molecule has 1 amide bonds. The van der Waals surface area contributed by atoms with Crippen molar-refractivity contribution >= 4 is 17.8 Å². The molecule has 1 aromatic carbocycles. The van der Waals surface area contributed by atoms with Gasteiger partial charge in [-0.15, -0.1) is 0 Å². The summed E-state index contributed by atoms with van der Waals surface area (Å²) in [5, 5.41) is 0. The van der Waals surface area contributed by atoms with Crippen LogP contribution in [0.3, 0.4) is 0 Å². The first-order chi connectivity index (χ1) is 9.66. The minimum atomic E-state index is -0.279. The van der Waals surface area contributed by atoms with Crippen LogP contribution in [0.25, 0.3) is 0 Å². The minimum Gasteiger partial charge on any atom is -0.328 e. The summed E-state index contributed by atoms with van der Waals surface area (Å²) in [7, 11) is 1.84. The van der Waals surface area contributed by atoms with Gasteiger partial charge >= 0.3 is 0 Å².